The molecular weight excluding hydrogens is 727 g/mol. The molecule has 3 saturated heterocycles. The van der Waals surface area contributed by atoms with Crippen molar-refractivity contribution in [3.05, 3.63) is 0 Å². The second kappa shape index (κ2) is 17.3. The molecule has 3 aliphatic heterocycles. The lowest BCUT2D eigenvalue weighted by Crippen LogP contribution is -2.58. The Morgan fingerprint density at radius 2 is 0.759 bits per heavy atom. The van der Waals surface area contributed by atoms with Crippen LogP contribution >= 0.6 is 11.8 Å². The van der Waals surface area contributed by atoms with E-state index in [2.05, 4.69) is 16.7 Å². The first-order valence-corrected chi connectivity index (χ1v) is 28.4. The largest absolute Gasteiger partial charge is 0.374 e. The van der Waals surface area contributed by atoms with Crippen molar-refractivity contribution >= 4 is 11.8 Å². The third kappa shape index (κ3) is 7.21. The molecule has 0 aromatic rings. The fraction of sp³-hybridized carbons (Fsp3) is 1.00. The van der Waals surface area contributed by atoms with E-state index in [0.29, 0.717) is 30.5 Å². The smallest absolute Gasteiger partial charge is 0.0766 e. The molecule has 326 valence electrons. The van der Waals surface area contributed by atoms with E-state index in [9.17, 15) is 0 Å². The quantitative estimate of drug-likeness (QED) is 0.266. The van der Waals surface area contributed by atoms with Gasteiger partial charge in [0.05, 0.1) is 24.4 Å². The average molecular weight is 814 g/mol. The average Bonchev–Trinajstić information content (AvgIpc) is 3.99. The van der Waals surface area contributed by atoms with Crippen molar-refractivity contribution in [1.82, 2.24) is 4.90 Å². The maximum absolute atomic E-state index is 7.74. The Kier molecular flexibility index (Phi) is 11.9. The van der Waals surface area contributed by atoms with Crippen LogP contribution in [0.4, 0.5) is 0 Å². The van der Waals surface area contributed by atoms with E-state index in [4.69, 9.17) is 9.47 Å². The van der Waals surface area contributed by atoms with E-state index in [1.54, 1.807) is 12.8 Å². The van der Waals surface area contributed by atoms with Crippen LogP contribution in [-0.4, -0.2) is 57.9 Å². The molecule has 12 fully saturated rings. The van der Waals surface area contributed by atoms with E-state index in [1.807, 2.05) is 0 Å². The van der Waals surface area contributed by atoms with Gasteiger partial charge in [-0.1, -0.05) is 96.3 Å². The number of ether oxygens (including phenoxy) is 2. The summed E-state index contributed by atoms with van der Waals surface area (Å²) in [5.74, 6) is 11.1. The lowest BCUT2D eigenvalue weighted by Gasteiger charge is -2.52. The summed E-state index contributed by atoms with van der Waals surface area (Å²) in [6.07, 6.45) is 51.8. The van der Waals surface area contributed by atoms with Gasteiger partial charge in [0.1, 0.15) is 0 Å². The van der Waals surface area contributed by atoms with Crippen LogP contribution in [0.25, 0.3) is 0 Å². The first kappa shape index (κ1) is 39.8. The molecule has 0 bridgehead atoms. The molecule has 9 saturated carbocycles. The van der Waals surface area contributed by atoms with E-state index >= 15 is 0 Å². The highest BCUT2D eigenvalue weighted by Crippen LogP contribution is 2.62. The fourth-order valence-electron chi connectivity index (χ4n) is 19.5. The van der Waals surface area contributed by atoms with Crippen molar-refractivity contribution in [2.45, 2.75) is 265 Å². The Hall–Kier alpha value is 0.230. The maximum Gasteiger partial charge on any atom is 0.0766 e. The minimum atomic E-state index is 0.539. The van der Waals surface area contributed by atoms with Crippen LogP contribution in [0, 0.1) is 71.0 Å². The second-order valence-corrected chi connectivity index (χ2v) is 25.7. The molecule has 4 heteroatoms. The molecule has 15 unspecified atom stereocenters. The molecule has 15 atom stereocenters. The summed E-state index contributed by atoms with van der Waals surface area (Å²) in [4.78, 5) is 3.35. The predicted molar refractivity (Wildman–Crippen MR) is 240 cm³/mol. The molecule has 3 nitrogen and oxygen atoms in total. The molecule has 0 radical (unpaired) electrons. The van der Waals surface area contributed by atoms with E-state index < -0.39 is 0 Å². The zero-order valence-corrected chi connectivity index (χ0v) is 37.9. The number of nitrogens with zero attached hydrogens (tertiary/aromatic N) is 1. The van der Waals surface area contributed by atoms with Crippen molar-refractivity contribution in [1.29, 1.82) is 0 Å². The van der Waals surface area contributed by atoms with Crippen molar-refractivity contribution in [3.63, 3.8) is 0 Å². The zero-order chi connectivity index (χ0) is 38.2. The third-order valence-corrected chi connectivity index (χ3v) is 23.7. The lowest BCUT2D eigenvalue weighted by atomic mass is 9.62. The number of rotatable bonds is 6. The van der Waals surface area contributed by atoms with Gasteiger partial charge in [-0.2, -0.15) is 11.8 Å². The summed E-state index contributed by atoms with van der Waals surface area (Å²) in [6.45, 7) is 0. The number of hydrogen-bond donors (Lipinski definition) is 0. The van der Waals surface area contributed by atoms with Crippen LogP contribution in [0.5, 0.6) is 0 Å². The highest BCUT2D eigenvalue weighted by atomic mass is 32.2. The van der Waals surface area contributed by atoms with Gasteiger partial charge in [0.2, 0.25) is 0 Å². The first-order chi connectivity index (χ1) is 28.8. The summed E-state index contributed by atoms with van der Waals surface area (Å²) >= 11 is 2.45. The van der Waals surface area contributed by atoms with Gasteiger partial charge < -0.3 is 9.47 Å². The summed E-state index contributed by atoms with van der Waals surface area (Å²) in [6, 6.07) is 2.34. The number of thioether (sulfide) groups is 1. The van der Waals surface area contributed by atoms with Crippen LogP contribution in [0.3, 0.4) is 0 Å². The summed E-state index contributed by atoms with van der Waals surface area (Å²) in [7, 11) is 0. The van der Waals surface area contributed by atoms with Crippen molar-refractivity contribution in [2.24, 2.45) is 71.0 Å². The first-order valence-electron chi connectivity index (χ1n) is 27.5. The molecule has 3 heterocycles. The second-order valence-electron chi connectivity index (χ2n) is 24.2. The standard InChI is InChI=1S/C54H87NO2S/c1-3-12-34(13-4-1)35-24-28-38(29-25-35)55(47-22-11-21-44-42-19-9-17-40(51(42)56-53(44)47)36-14-5-2-6-15-36)39-30-26-37(27-31-39)41-18-10-20-43-45-32-33-49-50(54(45)57-52(41)43)46-16-7-8-23-48(46)58-49/h34-54H,1-33H2. The lowest BCUT2D eigenvalue weighted by molar-refractivity contribution is -0.105. The molecule has 0 aromatic carbocycles. The molecular formula is C54H87NO2S. The molecule has 0 amide bonds. The summed E-state index contributed by atoms with van der Waals surface area (Å²) in [5, 5.41) is 1.90. The van der Waals surface area contributed by atoms with Gasteiger partial charge >= 0.3 is 0 Å². The molecule has 58 heavy (non-hydrogen) atoms. The Balaban J connectivity index is 0.762. The Morgan fingerprint density at radius 3 is 1.43 bits per heavy atom. The molecule has 0 spiro atoms. The van der Waals surface area contributed by atoms with Gasteiger partial charge in [0, 0.05) is 34.5 Å². The monoisotopic (exact) mass is 814 g/mol. The Morgan fingerprint density at radius 1 is 0.293 bits per heavy atom. The van der Waals surface area contributed by atoms with Crippen LogP contribution in [0.2, 0.25) is 0 Å². The van der Waals surface area contributed by atoms with Gasteiger partial charge in [-0.25, -0.2) is 0 Å². The molecule has 12 aliphatic rings. The number of fused-ring (bicyclic) bond motifs is 10. The van der Waals surface area contributed by atoms with Crippen molar-refractivity contribution in [2.75, 3.05) is 0 Å². The van der Waals surface area contributed by atoms with Gasteiger partial charge in [-0.3, -0.25) is 4.90 Å². The molecule has 9 aliphatic carbocycles. The Labute approximate surface area is 360 Å². The van der Waals surface area contributed by atoms with Gasteiger partial charge in [0.25, 0.3) is 0 Å². The van der Waals surface area contributed by atoms with E-state index in [0.717, 1.165) is 93.6 Å². The minimum Gasteiger partial charge on any atom is -0.374 e. The predicted octanol–water partition coefficient (Wildman–Crippen LogP) is 13.8. The topological polar surface area (TPSA) is 21.7 Å². The van der Waals surface area contributed by atoms with Crippen LogP contribution < -0.4 is 0 Å². The van der Waals surface area contributed by atoms with E-state index in [-0.39, 0.29) is 0 Å². The normalized spacial score (nSPS) is 52.6. The molecule has 0 aromatic heterocycles. The van der Waals surface area contributed by atoms with Crippen LogP contribution in [-0.2, 0) is 9.47 Å². The zero-order valence-electron chi connectivity index (χ0n) is 37.1. The van der Waals surface area contributed by atoms with Crippen molar-refractivity contribution in [3.8, 4) is 0 Å². The highest BCUT2D eigenvalue weighted by molar-refractivity contribution is 8.00. The van der Waals surface area contributed by atoms with Crippen LogP contribution in [0.15, 0.2) is 0 Å². The van der Waals surface area contributed by atoms with E-state index in [1.165, 1.54) is 199 Å². The highest BCUT2D eigenvalue weighted by Gasteiger charge is 2.61. The fourth-order valence-corrected chi connectivity index (χ4v) is 21.6. The molecule has 12 rings (SSSR count). The van der Waals surface area contributed by atoms with Gasteiger partial charge in [-0.15, -0.1) is 0 Å². The van der Waals surface area contributed by atoms with Crippen molar-refractivity contribution < 1.29 is 9.47 Å². The molecule has 0 N–H and O–H groups in total. The minimum absolute atomic E-state index is 0.539. The van der Waals surface area contributed by atoms with Gasteiger partial charge in [0.15, 0.2) is 0 Å². The van der Waals surface area contributed by atoms with Gasteiger partial charge in [-0.05, 0) is 181 Å². The summed E-state index contributed by atoms with van der Waals surface area (Å²) in [5.41, 5.74) is 0. The number of hydrogen-bond acceptors (Lipinski definition) is 4. The summed E-state index contributed by atoms with van der Waals surface area (Å²) < 4.78 is 15.4. The third-order valence-electron chi connectivity index (χ3n) is 21.9. The Bertz CT molecular complexity index is 1360. The van der Waals surface area contributed by atoms with Crippen LogP contribution in [0.1, 0.15) is 212 Å². The maximum atomic E-state index is 7.74. The SMILES string of the molecule is C1CCC(C2CCC(N(C3CCC(C4CCCC5C6CCC7SC8CCCCC8C7C6OC45)CC3)C3CCCC4C5CCCC(C6CCCCC6)C5OC43)CC2)CC1.